The van der Waals surface area contributed by atoms with Crippen molar-refractivity contribution >= 4 is 12.0 Å². The number of amides is 2. The molecule has 2 amide bonds. The summed E-state index contributed by atoms with van der Waals surface area (Å²) in [7, 11) is 1.36. The van der Waals surface area contributed by atoms with Gasteiger partial charge in [-0.25, -0.2) is 4.79 Å². The lowest BCUT2D eigenvalue weighted by molar-refractivity contribution is -0.142. The van der Waals surface area contributed by atoms with Crippen LogP contribution in [0.4, 0.5) is 4.79 Å². The summed E-state index contributed by atoms with van der Waals surface area (Å²) in [6.45, 7) is 10.3. The highest BCUT2D eigenvalue weighted by Crippen LogP contribution is 2.40. The van der Waals surface area contributed by atoms with E-state index in [9.17, 15) is 9.59 Å². The number of hydrogen-bond donors (Lipinski definition) is 1. The lowest BCUT2D eigenvalue weighted by atomic mass is 9.68. The zero-order valence-electron chi connectivity index (χ0n) is 17.9. The minimum atomic E-state index is -0.424. The molecule has 2 fully saturated rings. The summed E-state index contributed by atoms with van der Waals surface area (Å²) in [5.74, 6) is 0.785. The molecule has 0 unspecified atom stereocenters. The summed E-state index contributed by atoms with van der Waals surface area (Å²) in [5, 5.41) is 2.84. The van der Waals surface area contributed by atoms with Crippen LogP contribution >= 0.6 is 0 Å². The zero-order valence-corrected chi connectivity index (χ0v) is 17.9. The Labute approximate surface area is 168 Å². The first kappa shape index (κ1) is 20.7. The zero-order chi connectivity index (χ0) is 20.5. The van der Waals surface area contributed by atoms with Crippen molar-refractivity contribution in [3.8, 4) is 0 Å². The maximum absolute atomic E-state index is 12.8. The molecule has 1 saturated heterocycles. The molecule has 3 rings (SSSR count). The molecule has 154 valence electrons. The van der Waals surface area contributed by atoms with Gasteiger partial charge in [-0.2, -0.15) is 0 Å². The Morgan fingerprint density at radius 2 is 1.82 bits per heavy atom. The molecule has 5 heteroatoms. The largest absolute Gasteiger partial charge is 0.453 e. The van der Waals surface area contributed by atoms with E-state index in [1.807, 2.05) is 11.8 Å². The normalized spacial score (nSPS) is 25.8. The number of alkyl carbamates (subject to hydrolysis) is 1. The second-order valence-corrected chi connectivity index (χ2v) is 9.76. The van der Waals surface area contributed by atoms with Crippen molar-refractivity contribution in [3.63, 3.8) is 0 Å². The number of benzene rings is 1. The predicted molar refractivity (Wildman–Crippen MR) is 110 cm³/mol. The van der Waals surface area contributed by atoms with Gasteiger partial charge in [0.05, 0.1) is 7.11 Å². The summed E-state index contributed by atoms with van der Waals surface area (Å²) >= 11 is 0. The molecule has 0 bridgehead atoms. The van der Waals surface area contributed by atoms with Crippen LogP contribution in [-0.4, -0.2) is 42.6 Å². The van der Waals surface area contributed by atoms with Gasteiger partial charge in [-0.05, 0) is 55.1 Å². The van der Waals surface area contributed by atoms with Crippen molar-refractivity contribution in [2.24, 2.45) is 5.92 Å². The van der Waals surface area contributed by atoms with Crippen molar-refractivity contribution in [2.45, 2.75) is 70.3 Å². The van der Waals surface area contributed by atoms with E-state index < -0.39 is 6.09 Å². The van der Waals surface area contributed by atoms with E-state index in [1.165, 1.54) is 18.2 Å². The number of carbonyl (C=O) groups excluding carboxylic acids is 2. The van der Waals surface area contributed by atoms with Crippen LogP contribution in [0.1, 0.15) is 70.4 Å². The number of carbonyl (C=O) groups is 2. The van der Waals surface area contributed by atoms with Gasteiger partial charge in [-0.3, -0.25) is 4.79 Å². The van der Waals surface area contributed by atoms with Gasteiger partial charge < -0.3 is 15.0 Å². The van der Waals surface area contributed by atoms with Crippen LogP contribution in [0.15, 0.2) is 24.3 Å². The highest BCUT2D eigenvalue weighted by Gasteiger charge is 2.46. The fraction of sp³-hybridized carbons (Fsp3) is 0.652. The number of nitrogens with zero attached hydrogens (tertiary/aromatic N) is 1. The van der Waals surface area contributed by atoms with Crippen LogP contribution < -0.4 is 5.32 Å². The highest BCUT2D eigenvalue weighted by atomic mass is 16.5. The third-order valence-electron chi connectivity index (χ3n) is 6.36. The van der Waals surface area contributed by atoms with Crippen molar-refractivity contribution in [3.05, 3.63) is 35.4 Å². The van der Waals surface area contributed by atoms with Crippen LogP contribution in [0.3, 0.4) is 0 Å². The first-order chi connectivity index (χ1) is 13.1. The summed E-state index contributed by atoms with van der Waals surface area (Å²) < 4.78 is 4.67. The molecule has 1 heterocycles. The topological polar surface area (TPSA) is 58.6 Å². The number of nitrogens with one attached hydrogen (secondary N) is 1. The number of hydrogen-bond acceptors (Lipinski definition) is 3. The smallest absolute Gasteiger partial charge is 0.407 e. The van der Waals surface area contributed by atoms with Gasteiger partial charge in [-0.1, -0.05) is 45.0 Å². The summed E-state index contributed by atoms with van der Waals surface area (Å²) in [4.78, 5) is 26.3. The molecule has 0 atom stereocenters. The van der Waals surface area contributed by atoms with Gasteiger partial charge in [0.15, 0.2) is 0 Å². The van der Waals surface area contributed by atoms with Gasteiger partial charge in [-0.15, -0.1) is 0 Å². The Kier molecular flexibility index (Phi) is 5.74. The second-order valence-electron chi connectivity index (χ2n) is 9.76. The fourth-order valence-electron chi connectivity index (χ4n) is 4.55. The average Bonchev–Trinajstić information content (AvgIpc) is 2.65. The van der Waals surface area contributed by atoms with E-state index in [0.29, 0.717) is 18.8 Å². The minimum Gasteiger partial charge on any atom is -0.453 e. The van der Waals surface area contributed by atoms with Crippen molar-refractivity contribution in [1.82, 2.24) is 10.2 Å². The van der Waals surface area contributed by atoms with Crippen LogP contribution in [0.25, 0.3) is 0 Å². The molecule has 0 aromatic heterocycles. The van der Waals surface area contributed by atoms with Gasteiger partial charge in [0.25, 0.3) is 0 Å². The Morgan fingerprint density at radius 1 is 1.18 bits per heavy atom. The predicted octanol–water partition coefficient (Wildman–Crippen LogP) is 4.21. The molecule has 1 aromatic rings. The maximum Gasteiger partial charge on any atom is 0.407 e. The summed E-state index contributed by atoms with van der Waals surface area (Å²) in [6, 6.07) is 8.94. The van der Waals surface area contributed by atoms with Crippen LogP contribution in [0.2, 0.25) is 0 Å². The molecule has 0 spiro atoms. The first-order valence-corrected chi connectivity index (χ1v) is 10.4. The fourth-order valence-corrected chi connectivity index (χ4v) is 4.55. The molecular formula is C23H34N2O3. The van der Waals surface area contributed by atoms with E-state index in [0.717, 1.165) is 25.9 Å². The second kappa shape index (κ2) is 7.76. The number of rotatable bonds is 3. The molecule has 1 aromatic carbocycles. The molecule has 1 saturated carbocycles. The van der Waals surface area contributed by atoms with Gasteiger partial charge in [0.2, 0.25) is 5.91 Å². The molecule has 1 N–H and O–H groups in total. The molecule has 2 aliphatic rings. The van der Waals surface area contributed by atoms with Crippen molar-refractivity contribution in [2.75, 3.05) is 20.2 Å². The number of methoxy groups -OCH3 is 1. The van der Waals surface area contributed by atoms with E-state index in [2.05, 4.69) is 55.1 Å². The third kappa shape index (κ3) is 4.50. The molecule has 1 aliphatic carbocycles. The van der Waals surface area contributed by atoms with Crippen LogP contribution in [0.5, 0.6) is 0 Å². The average molecular weight is 387 g/mol. The molecule has 1 aliphatic heterocycles. The van der Waals surface area contributed by atoms with E-state index in [4.69, 9.17) is 0 Å². The minimum absolute atomic E-state index is 0.0166. The highest BCUT2D eigenvalue weighted by molar-refractivity contribution is 5.81. The maximum atomic E-state index is 12.8. The third-order valence-corrected chi connectivity index (χ3v) is 6.36. The van der Waals surface area contributed by atoms with E-state index >= 15 is 0 Å². The monoisotopic (exact) mass is 386 g/mol. The number of piperidine rings is 1. The van der Waals surface area contributed by atoms with Crippen molar-refractivity contribution in [1.29, 1.82) is 0 Å². The molecule has 28 heavy (non-hydrogen) atoms. The number of ether oxygens (including phenoxy) is 1. The Hall–Kier alpha value is -2.04. The van der Waals surface area contributed by atoms with Gasteiger partial charge in [0, 0.05) is 24.5 Å². The summed E-state index contributed by atoms with van der Waals surface area (Å²) in [5.41, 5.74) is 2.61. The lowest BCUT2D eigenvalue weighted by Gasteiger charge is -2.46. The van der Waals surface area contributed by atoms with Crippen LogP contribution in [0, 0.1) is 5.92 Å². The van der Waals surface area contributed by atoms with E-state index in [-0.39, 0.29) is 22.8 Å². The van der Waals surface area contributed by atoms with E-state index in [1.54, 1.807) is 0 Å². The molecular weight excluding hydrogens is 352 g/mol. The summed E-state index contributed by atoms with van der Waals surface area (Å²) in [6.07, 6.45) is 2.99. The molecule has 5 nitrogen and oxygen atoms in total. The standard InChI is InChI=1S/C23H34N2O3/c1-22(2,3)19-8-6-7-17(13-19)16-9-11-25(12-10-16)20(26)18-14-23(4,15-18)24-21(27)28-5/h6-8,13,16,18H,9-12,14-15H2,1-5H3,(H,24,27). The van der Waals surface area contributed by atoms with Crippen molar-refractivity contribution < 1.29 is 14.3 Å². The molecule has 0 radical (unpaired) electrons. The lowest BCUT2D eigenvalue weighted by Crippen LogP contribution is -2.59. The Bertz CT molecular complexity index is 724. The quantitative estimate of drug-likeness (QED) is 0.846. The SMILES string of the molecule is COC(=O)NC1(C)CC(C(=O)N2CCC(c3cccc(C(C)(C)C)c3)CC2)C1. The Balaban J connectivity index is 1.52. The van der Waals surface area contributed by atoms with Crippen LogP contribution in [-0.2, 0) is 14.9 Å². The first-order valence-electron chi connectivity index (χ1n) is 10.4. The Morgan fingerprint density at radius 3 is 2.39 bits per heavy atom. The van der Waals surface area contributed by atoms with Gasteiger partial charge in [0.1, 0.15) is 0 Å². The van der Waals surface area contributed by atoms with Gasteiger partial charge >= 0.3 is 6.09 Å². The number of likely N-dealkylation sites (tertiary alicyclic amines) is 1.